The zero-order valence-corrected chi connectivity index (χ0v) is 13.6. The van der Waals surface area contributed by atoms with Crippen LogP contribution in [0.15, 0.2) is 10.9 Å². The summed E-state index contributed by atoms with van der Waals surface area (Å²) in [5.41, 5.74) is 0.471. The highest BCUT2D eigenvalue weighted by Crippen LogP contribution is 2.20. The van der Waals surface area contributed by atoms with E-state index in [9.17, 15) is 9.59 Å². The van der Waals surface area contributed by atoms with Crippen molar-refractivity contribution in [2.75, 3.05) is 39.3 Å². The minimum Gasteiger partial charge on any atom is -0.369 e. The Bertz CT molecular complexity index is 610. The standard InChI is InChI=1S/C16H24N4O3/c1-12-17-13(9-15(21)18-12)14-10-19(7-8-23-14)11-16(22)20-5-3-2-4-6-20/h9,14H,2-8,10-11H2,1H3,(H,17,18,21)/t14-/m0/s1. The molecule has 0 aliphatic carbocycles. The van der Waals surface area contributed by atoms with E-state index in [-0.39, 0.29) is 17.6 Å². The first-order valence-corrected chi connectivity index (χ1v) is 8.31. The van der Waals surface area contributed by atoms with Crippen molar-refractivity contribution in [2.24, 2.45) is 0 Å². The van der Waals surface area contributed by atoms with Gasteiger partial charge in [-0.1, -0.05) is 0 Å². The maximum absolute atomic E-state index is 12.4. The molecule has 1 aromatic heterocycles. The number of H-pyrrole nitrogens is 1. The molecule has 3 heterocycles. The monoisotopic (exact) mass is 320 g/mol. The fourth-order valence-corrected chi connectivity index (χ4v) is 3.23. The molecule has 0 aromatic carbocycles. The Morgan fingerprint density at radius 3 is 2.87 bits per heavy atom. The molecule has 2 aliphatic heterocycles. The minimum atomic E-state index is -0.251. The third kappa shape index (κ3) is 4.17. The Labute approximate surface area is 135 Å². The Kier molecular flexibility index (Phi) is 5.07. The number of aryl methyl sites for hydroxylation is 1. The molecule has 1 N–H and O–H groups in total. The molecule has 0 radical (unpaired) electrons. The Morgan fingerprint density at radius 2 is 2.13 bits per heavy atom. The number of piperidine rings is 1. The summed E-state index contributed by atoms with van der Waals surface area (Å²) in [6.07, 6.45) is 3.18. The van der Waals surface area contributed by atoms with E-state index in [0.717, 1.165) is 32.5 Å². The van der Waals surface area contributed by atoms with Gasteiger partial charge < -0.3 is 14.6 Å². The predicted molar refractivity (Wildman–Crippen MR) is 85.2 cm³/mol. The number of hydrogen-bond acceptors (Lipinski definition) is 5. The van der Waals surface area contributed by atoms with Gasteiger partial charge in [0.05, 0.1) is 18.8 Å². The quantitative estimate of drug-likeness (QED) is 0.875. The molecule has 1 atom stereocenters. The highest BCUT2D eigenvalue weighted by molar-refractivity contribution is 5.78. The molecule has 23 heavy (non-hydrogen) atoms. The van der Waals surface area contributed by atoms with E-state index in [1.165, 1.54) is 12.5 Å². The maximum atomic E-state index is 12.4. The summed E-state index contributed by atoms with van der Waals surface area (Å²) in [7, 11) is 0. The van der Waals surface area contributed by atoms with Crippen molar-refractivity contribution in [3.05, 3.63) is 27.9 Å². The summed E-state index contributed by atoms with van der Waals surface area (Å²) in [6, 6.07) is 1.48. The summed E-state index contributed by atoms with van der Waals surface area (Å²) < 4.78 is 5.75. The molecule has 0 saturated carbocycles. The minimum absolute atomic E-state index is 0.169. The number of hydrogen-bond donors (Lipinski definition) is 1. The van der Waals surface area contributed by atoms with Crippen LogP contribution in [0.2, 0.25) is 0 Å². The van der Waals surface area contributed by atoms with Crippen LogP contribution in [-0.2, 0) is 9.53 Å². The highest BCUT2D eigenvalue weighted by atomic mass is 16.5. The average Bonchev–Trinajstić information content (AvgIpc) is 2.55. The van der Waals surface area contributed by atoms with Crippen molar-refractivity contribution in [3.63, 3.8) is 0 Å². The fourth-order valence-electron chi connectivity index (χ4n) is 3.23. The number of aromatic amines is 1. The molecule has 2 saturated heterocycles. The predicted octanol–water partition coefficient (Wildman–Crippen LogP) is 0.464. The summed E-state index contributed by atoms with van der Waals surface area (Å²) in [6.45, 7) is 5.80. The van der Waals surface area contributed by atoms with Gasteiger partial charge in [0.1, 0.15) is 11.9 Å². The molecule has 1 amide bonds. The van der Waals surface area contributed by atoms with Gasteiger partial charge in [-0.25, -0.2) is 4.98 Å². The molecule has 7 nitrogen and oxygen atoms in total. The Hall–Kier alpha value is -1.73. The van der Waals surface area contributed by atoms with Crippen molar-refractivity contribution >= 4 is 5.91 Å². The normalized spacial score (nSPS) is 23.0. The van der Waals surface area contributed by atoms with E-state index in [1.807, 2.05) is 4.90 Å². The first kappa shape index (κ1) is 16.1. The maximum Gasteiger partial charge on any atom is 0.251 e. The summed E-state index contributed by atoms with van der Waals surface area (Å²) in [5, 5.41) is 0. The number of rotatable bonds is 3. The van der Waals surface area contributed by atoms with E-state index >= 15 is 0 Å². The molecule has 126 valence electrons. The first-order valence-electron chi connectivity index (χ1n) is 8.31. The molecular formula is C16H24N4O3. The summed E-state index contributed by atoms with van der Waals surface area (Å²) in [5.74, 6) is 0.776. The van der Waals surface area contributed by atoms with Gasteiger partial charge in [-0.15, -0.1) is 0 Å². The molecule has 2 aliphatic rings. The number of nitrogens with one attached hydrogen (secondary N) is 1. The number of aromatic nitrogens is 2. The van der Waals surface area contributed by atoms with Crippen LogP contribution < -0.4 is 5.56 Å². The smallest absolute Gasteiger partial charge is 0.251 e. The van der Waals surface area contributed by atoms with Crippen LogP contribution in [0.3, 0.4) is 0 Å². The molecular weight excluding hydrogens is 296 g/mol. The van der Waals surface area contributed by atoms with E-state index in [2.05, 4.69) is 14.9 Å². The summed E-state index contributed by atoms with van der Waals surface area (Å²) >= 11 is 0. The van der Waals surface area contributed by atoms with Gasteiger partial charge in [-0.3, -0.25) is 14.5 Å². The van der Waals surface area contributed by atoms with Gasteiger partial charge in [-0.05, 0) is 26.2 Å². The number of likely N-dealkylation sites (tertiary alicyclic amines) is 1. The zero-order valence-electron chi connectivity index (χ0n) is 13.6. The lowest BCUT2D eigenvalue weighted by Crippen LogP contribution is -2.47. The van der Waals surface area contributed by atoms with Crippen LogP contribution in [0, 0.1) is 6.92 Å². The number of carbonyl (C=O) groups is 1. The van der Waals surface area contributed by atoms with Crippen LogP contribution in [-0.4, -0.2) is 65.0 Å². The second-order valence-corrected chi connectivity index (χ2v) is 6.29. The van der Waals surface area contributed by atoms with E-state index in [1.54, 1.807) is 6.92 Å². The largest absolute Gasteiger partial charge is 0.369 e. The van der Waals surface area contributed by atoms with Gasteiger partial charge in [0.2, 0.25) is 5.91 Å². The lowest BCUT2D eigenvalue weighted by molar-refractivity contribution is -0.135. The SMILES string of the molecule is Cc1nc([C@@H]2CN(CC(=O)N3CCCCC3)CCO2)cc(=O)[nH]1. The zero-order chi connectivity index (χ0) is 16.2. The van der Waals surface area contributed by atoms with E-state index in [4.69, 9.17) is 4.74 Å². The van der Waals surface area contributed by atoms with Crippen molar-refractivity contribution in [2.45, 2.75) is 32.3 Å². The third-order valence-corrected chi connectivity index (χ3v) is 4.43. The van der Waals surface area contributed by atoms with Crippen LogP contribution in [0.5, 0.6) is 0 Å². The third-order valence-electron chi connectivity index (χ3n) is 4.43. The Balaban J connectivity index is 1.61. The topological polar surface area (TPSA) is 78.5 Å². The fraction of sp³-hybridized carbons (Fsp3) is 0.688. The molecule has 3 rings (SSSR count). The van der Waals surface area contributed by atoms with Crippen LogP contribution >= 0.6 is 0 Å². The van der Waals surface area contributed by atoms with Crippen molar-refractivity contribution in [1.82, 2.24) is 19.8 Å². The van der Waals surface area contributed by atoms with E-state index in [0.29, 0.717) is 31.2 Å². The second kappa shape index (κ2) is 7.23. The average molecular weight is 320 g/mol. The van der Waals surface area contributed by atoms with Crippen molar-refractivity contribution in [1.29, 1.82) is 0 Å². The van der Waals surface area contributed by atoms with Gasteiger partial charge in [0, 0.05) is 32.2 Å². The molecule has 0 unspecified atom stereocenters. The van der Waals surface area contributed by atoms with Gasteiger partial charge in [0.15, 0.2) is 0 Å². The van der Waals surface area contributed by atoms with Crippen LogP contribution in [0.4, 0.5) is 0 Å². The van der Waals surface area contributed by atoms with Crippen molar-refractivity contribution in [3.8, 4) is 0 Å². The summed E-state index contributed by atoms with van der Waals surface area (Å²) in [4.78, 5) is 35.0. The number of ether oxygens (including phenoxy) is 1. The molecule has 1 aromatic rings. The second-order valence-electron chi connectivity index (χ2n) is 6.29. The van der Waals surface area contributed by atoms with Crippen LogP contribution in [0.25, 0.3) is 0 Å². The number of nitrogens with zero attached hydrogens (tertiary/aromatic N) is 3. The lowest BCUT2D eigenvalue weighted by Gasteiger charge is -2.34. The van der Waals surface area contributed by atoms with Gasteiger partial charge >= 0.3 is 0 Å². The number of morpholine rings is 1. The van der Waals surface area contributed by atoms with Gasteiger partial charge in [0.25, 0.3) is 5.56 Å². The highest BCUT2D eigenvalue weighted by Gasteiger charge is 2.26. The Morgan fingerprint density at radius 1 is 1.35 bits per heavy atom. The van der Waals surface area contributed by atoms with E-state index < -0.39 is 0 Å². The van der Waals surface area contributed by atoms with Crippen molar-refractivity contribution < 1.29 is 9.53 Å². The molecule has 2 fully saturated rings. The lowest BCUT2D eigenvalue weighted by atomic mass is 10.1. The van der Waals surface area contributed by atoms with Gasteiger partial charge in [-0.2, -0.15) is 0 Å². The molecule has 0 bridgehead atoms. The first-order chi connectivity index (χ1) is 11.1. The molecule has 7 heteroatoms. The number of amides is 1. The molecule has 0 spiro atoms. The number of carbonyl (C=O) groups excluding carboxylic acids is 1. The van der Waals surface area contributed by atoms with Crippen LogP contribution in [0.1, 0.15) is 36.9 Å².